The molecule has 4 nitrogen and oxygen atoms in total. The Balaban J connectivity index is 2.16. The maximum atomic E-state index is 11.0. The number of benzene rings is 1. The van der Waals surface area contributed by atoms with Gasteiger partial charge in [0.25, 0.3) is 0 Å². The van der Waals surface area contributed by atoms with E-state index in [1.807, 2.05) is 25.1 Å². The summed E-state index contributed by atoms with van der Waals surface area (Å²) >= 11 is 1.74. The van der Waals surface area contributed by atoms with E-state index >= 15 is 0 Å². The van der Waals surface area contributed by atoms with Gasteiger partial charge in [-0.25, -0.2) is 0 Å². The monoisotopic (exact) mass is 267 g/mol. The van der Waals surface area contributed by atoms with Crippen LogP contribution in [0.1, 0.15) is 22.9 Å². The summed E-state index contributed by atoms with van der Waals surface area (Å²) in [7, 11) is 1.65. The van der Waals surface area contributed by atoms with E-state index in [1.165, 1.54) is 0 Å². The van der Waals surface area contributed by atoms with Crippen LogP contribution in [0.25, 0.3) is 0 Å². The van der Waals surface area contributed by atoms with Crippen molar-refractivity contribution in [2.24, 2.45) is 0 Å². The smallest absolute Gasteiger partial charge is 0.320 e. The standard InChI is InChI=1S/C13H17NO3S/c1-8-7-9(3-4-11(8)17-2)12-14-10(13(15)16)5-6-18-12/h3-4,7,10,12,14H,5-6H2,1-2H3,(H,15,16). The number of ether oxygens (including phenoxy) is 1. The molecule has 2 N–H and O–H groups in total. The summed E-state index contributed by atoms with van der Waals surface area (Å²) < 4.78 is 5.23. The molecule has 0 aliphatic carbocycles. The van der Waals surface area contributed by atoms with Crippen LogP contribution in [-0.4, -0.2) is 30.0 Å². The van der Waals surface area contributed by atoms with Crippen molar-refractivity contribution < 1.29 is 14.6 Å². The van der Waals surface area contributed by atoms with E-state index in [-0.39, 0.29) is 5.37 Å². The second-order valence-corrected chi connectivity index (χ2v) is 5.54. The lowest BCUT2D eigenvalue weighted by atomic mass is 10.1. The molecular weight excluding hydrogens is 250 g/mol. The van der Waals surface area contributed by atoms with Crippen LogP contribution < -0.4 is 10.1 Å². The van der Waals surface area contributed by atoms with Crippen molar-refractivity contribution in [3.05, 3.63) is 29.3 Å². The number of thioether (sulfide) groups is 1. The van der Waals surface area contributed by atoms with Crippen molar-refractivity contribution >= 4 is 17.7 Å². The molecule has 1 fully saturated rings. The number of carboxylic acids is 1. The predicted molar refractivity (Wildman–Crippen MR) is 72.1 cm³/mol. The number of rotatable bonds is 3. The van der Waals surface area contributed by atoms with Gasteiger partial charge in [0.2, 0.25) is 0 Å². The Morgan fingerprint density at radius 3 is 2.94 bits per heavy atom. The molecule has 1 saturated heterocycles. The number of nitrogens with one attached hydrogen (secondary N) is 1. The van der Waals surface area contributed by atoms with Gasteiger partial charge in [-0.15, -0.1) is 11.8 Å². The van der Waals surface area contributed by atoms with Gasteiger partial charge in [0.15, 0.2) is 0 Å². The highest BCUT2D eigenvalue weighted by molar-refractivity contribution is 7.99. The van der Waals surface area contributed by atoms with E-state index in [0.29, 0.717) is 6.42 Å². The molecule has 0 bridgehead atoms. The predicted octanol–water partition coefficient (Wildman–Crippen LogP) is 2.18. The number of aliphatic carboxylic acids is 1. The zero-order chi connectivity index (χ0) is 13.1. The highest BCUT2D eigenvalue weighted by atomic mass is 32.2. The van der Waals surface area contributed by atoms with Crippen molar-refractivity contribution in [3.8, 4) is 5.75 Å². The molecule has 2 atom stereocenters. The first-order valence-corrected chi connectivity index (χ1v) is 6.91. The van der Waals surface area contributed by atoms with Crippen molar-refractivity contribution in [1.29, 1.82) is 0 Å². The molecule has 1 aromatic carbocycles. The summed E-state index contributed by atoms with van der Waals surface area (Å²) in [5.41, 5.74) is 2.17. The van der Waals surface area contributed by atoms with Crippen LogP contribution >= 0.6 is 11.8 Å². The maximum absolute atomic E-state index is 11.0. The fraction of sp³-hybridized carbons (Fsp3) is 0.462. The van der Waals surface area contributed by atoms with E-state index in [4.69, 9.17) is 9.84 Å². The molecule has 1 aromatic rings. The van der Waals surface area contributed by atoms with E-state index in [1.54, 1.807) is 18.9 Å². The highest BCUT2D eigenvalue weighted by Crippen LogP contribution is 2.33. The molecule has 98 valence electrons. The zero-order valence-electron chi connectivity index (χ0n) is 10.5. The van der Waals surface area contributed by atoms with E-state index in [9.17, 15) is 4.79 Å². The first kappa shape index (κ1) is 13.2. The third-order valence-corrected chi connectivity index (χ3v) is 4.28. The molecule has 2 unspecified atom stereocenters. The normalized spacial score (nSPS) is 23.7. The molecule has 0 aromatic heterocycles. The van der Waals surface area contributed by atoms with Gasteiger partial charge in [0, 0.05) is 0 Å². The Bertz CT molecular complexity index is 450. The number of carboxylic acid groups (broad SMARTS) is 1. The number of aryl methyl sites for hydroxylation is 1. The molecule has 0 saturated carbocycles. The van der Waals surface area contributed by atoms with Gasteiger partial charge in [0.05, 0.1) is 12.5 Å². The van der Waals surface area contributed by atoms with Crippen LogP contribution in [0.4, 0.5) is 0 Å². The van der Waals surface area contributed by atoms with Gasteiger partial charge in [-0.05, 0) is 42.4 Å². The van der Waals surface area contributed by atoms with Crippen LogP contribution in [0.3, 0.4) is 0 Å². The van der Waals surface area contributed by atoms with Gasteiger partial charge in [-0.1, -0.05) is 6.07 Å². The quantitative estimate of drug-likeness (QED) is 0.879. The number of hydrogen-bond donors (Lipinski definition) is 2. The van der Waals surface area contributed by atoms with Gasteiger partial charge < -0.3 is 9.84 Å². The molecule has 1 aliphatic heterocycles. The van der Waals surface area contributed by atoms with Crippen molar-refractivity contribution in [2.75, 3.05) is 12.9 Å². The van der Waals surface area contributed by atoms with Crippen LogP contribution in [0.5, 0.6) is 5.75 Å². The van der Waals surface area contributed by atoms with E-state index in [2.05, 4.69) is 5.32 Å². The molecule has 1 aliphatic rings. The first-order valence-electron chi connectivity index (χ1n) is 5.87. The third-order valence-electron chi connectivity index (χ3n) is 3.06. The van der Waals surface area contributed by atoms with Crippen molar-refractivity contribution in [3.63, 3.8) is 0 Å². The Morgan fingerprint density at radius 2 is 2.33 bits per heavy atom. The molecule has 0 amide bonds. The zero-order valence-corrected chi connectivity index (χ0v) is 11.3. The molecule has 2 rings (SSSR count). The minimum atomic E-state index is -0.773. The van der Waals surface area contributed by atoms with Gasteiger partial charge in [-0.2, -0.15) is 0 Å². The van der Waals surface area contributed by atoms with Crippen molar-refractivity contribution in [2.45, 2.75) is 24.8 Å². The Morgan fingerprint density at radius 1 is 1.56 bits per heavy atom. The fourth-order valence-corrected chi connectivity index (χ4v) is 3.28. The van der Waals surface area contributed by atoms with Crippen LogP contribution in [0.2, 0.25) is 0 Å². The van der Waals surface area contributed by atoms with Gasteiger partial charge in [-0.3, -0.25) is 10.1 Å². The van der Waals surface area contributed by atoms with E-state index in [0.717, 1.165) is 22.6 Å². The summed E-state index contributed by atoms with van der Waals surface area (Å²) in [5.74, 6) is 0.944. The summed E-state index contributed by atoms with van der Waals surface area (Å²) in [4.78, 5) is 11.0. The highest BCUT2D eigenvalue weighted by Gasteiger charge is 2.27. The lowest BCUT2D eigenvalue weighted by Gasteiger charge is -2.28. The Labute approximate surface area is 111 Å². The summed E-state index contributed by atoms with van der Waals surface area (Å²) in [6.45, 7) is 1.99. The van der Waals surface area contributed by atoms with E-state index < -0.39 is 12.0 Å². The summed E-state index contributed by atoms with van der Waals surface area (Å²) in [5, 5.41) is 12.3. The second kappa shape index (κ2) is 5.63. The molecule has 18 heavy (non-hydrogen) atoms. The maximum Gasteiger partial charge on any atom is 0.320 e. The minimum Gasteiger partial charge on any atom is -0.496 e. The number of carbonyl (C=O) groups is 1. The molecule has 0 spiro atoms. The van der Waals surface area contributed by atoms with Crippen LogP contribution in [-0.2, 0) is 4.79 Å². The average molecular weight is 267 g/mol. The number of hydrogen-bond acceptors (Lipinski definition) is 4. The van der Waals surface area contributed by atoms with Crippen molar-refractivity contribution in [1.82, 2.24) is 5.32 Å². The average Bonchev–Trinajstić information content (AvgIpc) is 2.38. The molecule has 0 radical (unpaired) electrons. The van der Waals surface area contributed by atoms with Gasteiger partial charge in [0.1, 0.15) is 11.8 Å². The summed E-state index contributed by atoms with van der Waals surface area (Å²) in [6.07, 6.45) is 0.672. The Kier molecular flexibility index (Phi) is 4.14. The lowest BCUT2D eigenvalue weighted by Crippen LogP contribution is -2.41. The number of methoxy groups -OCH3 is 1. The van der Waals surface area contributed by atoms with Gasteiger partial charge >= 0.3 is 5.97 Å². The van der Waals surface area contributed by atoms with Crippen LogP contribution in [0, 0.1) is 6.92 Å². The fourth-order valence-electron chi connectivity index (χ4n) is 2.07. The molecule has 5 heteroatoms. The molecular formula is C13H17NO3S. The topological polar surface area (TPSA) is 58.6 Å². The second-order valence-electron chi connectivity index (χ2n) is 4.33. The first-order chi connectivity index (χ1) is 8.61. The Hall–Kier alpha value is -1.20. The summed E-state index contributed by atoms with van der Waals surface area (Å²) in [6, 6.07) is 5.52. The van der Waals surface area contributed by atoms with Crippen LogP contribution in [0.15, 0.2) is 18.2 Å². The minimum absolute atomic E-state index is 0.0458. The largest absolute Gasteiger partial charge is 0.496 e. The third kappa shape index (κ3) is 2.79. The molecule has 1 heterocycles. The SMILES string of the molecule is COc1ccc(C2NC(C(=O)O)CCS2)cc1C. The lowest BCUT2D eigenvalue weighted by molar-refractivity contribution is -0.139.